The van der Waals surface area contributed by atoms with Crippen molar-refractivity contribution >= 4 is 0 Å². The summed E-state index contributed by atoms with van der Waals surface area (Å²) in [6.45, 7) is 0. The van der Waals surface area contributed by atoms with Crippen molar-refractivity contribution in [2.24, 2.45) is 0 Å². The van der Waals surface area contributed by atoms with Gasteiger partial charge < -0.3 is 12.8 Å². The van der Waals surface area contributed by atoms with Crippen LogP contribution < -0.4 is 0 Å². The third-order valence-electron chi connectivity index (χ3n) is 2.29. The molecule has 0 unspecified atom stereocenters. The molecule has 0 nitrogen and oxygen atoms in total. The Bertz CT molecular complexity index is 996. The van der Waals surface area contributed by atoms with Gasteiger partial charge in [0.05, 0.1) is 58.2 Å². The van der Waals surface area contributed by atoms with Gasteiger partial charge in [0, 0.05) is 0 Å². The van der Waals surface area contributed by atoms with Crippen molar-refractivity contribution < 1.29 is 86.0 Å². The van der Waals surface area contributed by atoms with E-state index in [1.165, 1.54) is 0 Å². The van der Waals surface area contributed by atoms with E-state index in [2.05, 4.69) is 23.7 Å². The van der Waals surface area contributed by atoms with E-state index in [9.17, 15) is 43.9 Å². The minimum absolute atomic E-state index is 0. The minimum atomic E-state index is -2.17. The van der Waals surface area contributed by atoms with Crippen LogP contribution in [0.1, 0.15) is 0 Å². The largest absolute Gasteiger partial charge is 2.00 e. The molecular formula is C20F10Pt2. The third-order valence-corrected chi connectivity index (χ3v) is 2.29. The zero-order valence-electron chi connectivity index (χ0n) is 14.4. The summed E-state index contributed by atoms with van der Waals surface area (Å²) in [5.74, 6) is -7.65. The fraction of sp³-hybridized carbons (Fsp3) is 0. The maximum atomic E-state index is 12.0. The minimum Gasteiger partial charge on any atom is -0.358 e. The van der Waals surface area contributed by atoms with Crippen LogP contribution in [-0.4, -0.2) is 0 Å². The van der Waals surface area contributed by atoms with Crippen LogP contribution in [0.2, 0.25) is 0 Å². The second kappa shape index (κ2) is 17.0. The summed E-state index contributed by atoms with van der Waals surface area (Å²) in [5, 5.41) is 0. The second-order valence-corrected chi connectivity index (χ2v) is 4.14. The zero-order valence-corrected chi connectivity index (χ0v) is 19.0. The van der Waals surface area contributed by atoms with Gasteiger partial charge in [-0.1, -0.05) is 0 Å². The normalized spacial score (nSPS) is 7.88. The molecule has 0 radical (unpaired) electrons. The van der Waals surface area contributed by atoms with Gasteiger partial charge in [0.15, 0.2) is 0 Å². The zero-order chi connectivity index (χ0) is 23.4. The van der Waals surface area contributed by atoms with Crippen molar-refractivity contribution in [1.82, 2.24) is 0 Å². The quantitative estimate of drug-likeness (QED) is 0.121. The van der Waals surface area contributed by atoms with E-state index in [1.54, 1.807) is 0 Å². The summed E-state index contributed by atoms with van der Waals surface area (Å²) < 4.78 is 120. The molecular weight excluding hydrogens is 820 g/mol. The Labute approximate surface area is 204 Å². The molecule has 0 aliphatic rings. The van der Waals surface area contributed by atoms with Crippen LogP contribution in [0, 0.1) is 119 Å². The van der Waals surface area contributed by atoms with Gasteiger partial charge in [-0.05, 0) is 0 Å². The molecule has 0 aliphatic heterocycles. The molecule has 170 valence electrons. The van der Waals surface area contributed by atoms with E-state index in [0.29, 0.717) is 0 Å². The van der Waals surface area contributed by atoms with Gasteiger partial charge in [-0.3, -0.25) is 29.4 Å². The van der Waals surface area contributed by atoms with Crippen molar-refractivity contribution in [3.8, 4) is 35.5 Å². The van der Waals surface area contributed by atoms with E-state index >= 15 is 0 Å². The summed E-state index contributed by atoms with van der Waals surface area (Å²) in [7, 11) is 0. The molecule has 0 aliphatic carbocycles. The van der Waals surface area contributed by atoms with Crippen LogP contribution in [0.3, 0.4) is 0 Å². The molecule has 2 aromatic rings. The van der Waals surface area contributed by atoms with Crippen LogP contribution >= 0.6 is 0 Å². The average Bonchev–Trinajstić information content (AvgIpc) is 2.72. The van der Waals surface area contributed by atoms with Crippen molar-refractivity contribution in [3.63, 3.8) is 0 Å². The van der Waals surface area contributed by atoms with Crippen molar-refractivity contribution in [2.75, 3.05) is 0 Å². The number of hydrogen-bond donors (Lipinski definition) is 0. The molecule has 0 heterocycles. The summed E-state index contributed by atoms with van der Waals surface area (Å²) in [4.78, 5) is 0. The Morgan fingerprint density at radius 2 is 0.625 bits per heavy atom. The van der Waals surface area contributed by atoms with Gasteiger partial charge in [0.1, 0.15) is 0 Å². The first-order chi connectivity index (χ1) is 14.0. The molecule has 12 heteroatoms. The topological polar surface area (TPSA) is 0 Å². The summed E-state index contributed by atoms with van der Waals surface area (Å²) in [6, 6.07) is 2.05. The Kier molecular flexibility index (Phi) is 18.0. The monoisotopic (exact) mass is 820 g/mol. The third kappa shape index (κ3) is 10.6. The van der Waals surface area contributed by atoms with Crippen molar-refractivity contribution in [2.45, 2.75) is 0 Å². The molecule has 0 saturated heterocycles. The Morgan fingerprint density at radius 3 is 0.812 bits per heavy atom. The predicted octanol–water partition coefficient (Wildman–Crippen LogP) is 4.53. The van der Waals surface area contributed by atoms with Gasteiger partial charge in [-0.25, -0.2) is 38.2 Å². The van der Waals surface area contributed by atoms with Crippen LogP contribution in [-0.2, 0) is 42.1 Å². The van der Waals surface area contributed by atoms with Gasteiger partial charge >= 0.3 is 42.1 Å². The smallest absolute Gasteiger partial charge is 0.358 e. The van der Waals surface area contributed by atoms with E-state index in [0.717, 1.165) is 12.1 Å². The molecule has 0 spiro atoms. The van der Waals surface area contributed by atoms with Crippen LogP contribution in [0.15, 0.2) is 0 Å². The molecule has 32 heavy (non-hydrogen) atoms. The van der Waals surface area contributed by atoms with Gasteiger partial charge in [-0.2, -0.15) is 0 Å². The molecule has 0 saturated carbocycles. The van der Waals surface area contributed by atoms with E-state index in [1.807, 2.05) is 11.8 Å². The molecule has 0 aromatic heterocycles. The van der Waals surface area contributed by atoms with Gasteiger partial charge in [-0.15, -0.1) is 24.0 Å². The predicted molar refractivity (Wildman–Crippen MR) is 80.0 cm³/mol. The first-order valence-electron chi connectivity index (χ1n) is 6.64. The maximum absolute atomic E-state index is 12.0. The molecule has 0 bridgehead atoms. The molecule has 0 atom stereocenters. The van der Waals surface area contributed by atoms with Crippen LogP contribution in [0.5, 0.6) is 0 Å². The Morgan fingerprint density at radius 1 is 0.406 bits per heavy atom. The average molecular weight is 820 g/mol. The molecule has 0 N–H and O–H groups in total. The van der Waals surface area contributed by atoms with Crippen molar-refractivity contribution in [1.29, 1.82) is 0 Å². The van der Waals surface area contributed by atoms with Crippen molar-refractivity contribution in [3.05, 3.63) is 83.2 Å². The van der Waals surface area contributed by atoms with E-state index in [4.69, 9.17) is 12.8 Å². The Balaban J connectivity index is -0.000000388. The first-order valence-corrected chi connectivity index (χ1v) is 6.64. The number of hydrogen-bond acceptors (Lipinski definition) is 0. The van der Waals surface area contributed by atoms with E-state index < -0.39 is 58.2 Å². The molecule has 0 fully saturated rings. The van der Waals surface area contributed by atoms with Gasteiger partial charge in [0.2, 0.25) is 0 Å². The van der Waals surface area contributed by atoms with Crippen LogP contribution in [0.25, 0.3) is 0 Å². The standard InChI is InChI=1S/C8.2C6F5.2Pt/c1-3-5-7-8-6-4-2;2*7-2-1-3(8)5(10)6(11)4(2)9;;/q-2;2*-1;2*+2. The maximum Gasteiger partial charge on any atom is 2.00 e. The van der Waals surface area contributed by atoms with Crippen LogP contribution in [0.4, 0.5) is 43.9 Å². The second-order valence-electron chi connectivity index (χ2n) is 4.14. The SMILES string of the molecule is Fc1[c-]c(F)c(F)c(F)c1F.Fc1[c-]c(F)c(F)c(F)c1F.[C-]#CC#CC#CC#[C-].[Pt+2].[Pt+2]. The molecule has 2 rings (SSSR count). The Hall–Kier alpha value is -2.64. The first kappa shape index (κ1) is 34.0. The summed E-state index contributed by atoms with van der Waals surface area (Å²) in [5.41, 5.74) is 0. The number of rotatable bonds is 0. The molecule has 2 aromatic carbocycles. The molecule has 0 amide bonds. The summed E-state index contributed by atoms with van der Waals surface area (Å²) >= 11 is 0. The van der Waals surface area contributed by atoms with E-state index in [-0.39, 0.29) is 42.1 Å². The van der Waals surface area contributed by atoms with Gasteiger partial charge in [0.25, 0.3) is 0 Å². The number of halogens is 10. The number of benzene rings is 2. The summed E-state index contributed by atoms with van der Waals surface area (Å²) in [6.07, 6.45) is 12.6. The fourth-order valence-electron chi connectivity index (χ4n) is 1.12. The fourth-order valence-corrected chi connectivity index (χ4v) is 1.12.